The molecule has 3 aliphatic rings. The highest BCUT2D eigenvalue weighted by Gasteiger charge is 2.57. The number of fused-ring (bicyclic) bond motifs is 8. The first-order valence-electron chi connectivity index (χ1n) is 17.0. The van der Waals surface area contributed by atoms with Crippen LogP contribution in [-0.4, -0.2) is 91.1 Å². The van der Waals surface area contributed by atoms with Gasteiger partial charge in [-0.25, -0.2) is 4.98 Å². The molecule has 0 aliphatic carbocycles. The molecule has 4 heterocycles. The number of nitriles is 1. The number of nitrogens with zero attached hydrogens (tertiary/aromatic N) is 4. The van der Waals surface area contributed by atoms with E-state index in [-0.39, 0.29) is 41.4 Å². The number of carbonyl (C=O) groups is 1. The molecule has 12 heteroatoms. The van der Waals surface area contributed by atoms with Gasteiger partial charge in [0, 0.05) is 57.4 Å². The molecule has 3 aliphatic heterocycles. The molecular weight excluding hydrogens is 650 g/mol. The standard InChI is InChI=1S/C39H43N5O7/c1-18-9-10-21-11-12-24(42-25(21)13-18)39(47)41-17-29-30-22(35(48-5)19(2)37(50-7)33(30)45)15-27-32-31-23(14-26(43(32)4)28(16-40)44(27)29)36(49-6)20(3)38(51-8)34(31)46/h9-13,26-29,32,45-46H,14-15,17H2,1-8H3,(H,41,47)/t26-,27-,28-,29-,32-/m0/s1. The second-order valence-corrected chi connectivity index (χ2v) is 13.7. The van der Waals surface area contributed by atoms with Crippen molar-refractivity contribution in [3.63, 3.8) is 0 Å². The number of phenolic OH excluding ortho intramolecular Hbond substituents is 2. The summed E-state index contributed by atoms with van der Waals surface area (Å²) >= 11 is 0. The minimum Gasteiger partial charge on any atom is -0.504 e. The Balaban J connectivity index is 1.40. The van der Waals surface area contributed by atoms with Crippen molar-refractivity contribution in [3.05, 3.63) is 75.0 Å². The monoisotopic (exact) mass is 693 g/mol. The first kappa shape index (κ1) is 34.2. The van der Waals surface area contributed by atoms with Crippen molar-refractivity contribution in [2.24, 2.45) is 0 Å². The summed E-state index contributed by atoms with van der Waals surface area (Å²) in [6.07, 6.45) is 0.786. The van der Waals surface area contributed by atoms with Gasteiger partial charge in [0.05, 0.1) is 52.1 Å². The number of ether oxygens (including phenoxy) is 4. The molecule has 266 valence electrons. The number of rotatable bonds is 7. The molecule has 7 rings (SSSR count). The van der Waals surface area contributed by atoms with Crippen LogP contribution in [0.4, 0.5) is 0 Å². The fourth-order valence-corrected chi connectivity index (χ4v) is 9.05. The van der Waals surface area contributed by atoms with E-state index in [2.05, 4.69) is 26.2 Å². The molecule has 1 fully saturated rings. The number of methoxy groups -OCH3 is 4. The number of carbonyl (C=O) groups excluding carboxylic acids is 1. The smallest absolute Gasteiger partial charge is 0.269 e. The average molecular weight is 694 g/mol. The van der Waals surface area contributed by atoms with Crippen LogP contribution >= 0.6 is 0 Å². The number of hydrogen-bond acceptors (Lipinski definition) is 11. The first-order valence-corrected chi connectivity index (χ1v) is 17.0. The molecule has 3 aromatic carbocycles. The third-order valence-corrected chi connectivity index (χ3v) is 11.2. The summed E-state index contributed by atoms with van der Waals surface area (Å²) in [5.74, 6) is 1.37. The largest absolute Gasteiger partial charge is 0.504 e. The van der Waals surface area contributed by atoms with Gasteiger partial charge < -0.3 is 34.5 Å². The summed E-state index contributed by atoms with van der Waals surface area (Å²) in [6.45, 7) is 5.70. The van der Waals surface area contributed by atoms with Gasteiger partial charge in [-0.05, 0) is 58.4 Å². The number of nitrogens with one attached hydrogen (secondary N) is 1. The minimum atomic E-state index is -0.685. The predicted molar refractivity (Wildman–Crippen MR) is 190 cm³/mol. The van der Waals surface area contributed by atoms with E-state index in [1.165, 1.54) is 14.2 Å². The number of aromatic nitrogens is 1. The maximum atomic E-state index is 13.8. The van der Waals surface area contributed by atoms with Crippen molar-refractivity contribution >= 4 is 16.8 Å². The van der Waals surface area contributed by atoms with E-state index >= 15 is 0 Å². The Morgan fingerprint density at radius 1 is 0.882 bits per heavy atom. The molecule has 0 spiro atoms. The van der Waals surface area contributed by atoms with E-state index in [1.807, 2.05) is 52.1 Å². The van der Waals surface area contributed by atoms with Crippen molar-refractivity contribution in [1.29, 1.82) is 5.26 Å². The number of likely N-dealkylation sites (N-methyl/N-ethyl adjacent to an activating group) is 1. The van der Waals surface area contributed by atoms with Gasteiger partial charge in [0.2, 0.25) is 0 Å². The number of piperazine rings is 1. The molecule has 12 nitrogen and oxygen atoms in total. The Labute approximate surface area is 297 Å². The van der Waals surface area contributed by atoms with Crippen molar-refractivity contribution in [2.75, 3.05) is 42.0 Å². The summed E-state index contributed by atoms with van der Waals surface area (Å²) in [7, 11) is 8.17. The van der Waals surface area contributed by atoms with Crippen molar-refractivity contribution in [1.82, 2.24) is 20.1 Å². The van der Waals surface area contributed by atoms with Gasteiger partial charge in [-0.2, -0.15) is 5.26 Å². The molecule has 1 aromatic heterocycles. The second kappa shape index (κ2) is 12.8. The Morgan fingerprint density at radius 2 is 1.45 bits per heavy atom. The maximum absolute atomic E-state index is 13.8. The lowest BCUT2D eigenvalue weighted by Gasteiger charge is -2.60. The summed E-state index contributed by atoms with van der Waals surface area (Å²) in [6, 6.07) is 9.56. The zero-order valence-electron chi connectivity index (χ0n) is 30.1. The van der Waals surface area contributed by atoms with Crippen LogP contribution in [0.25, 0.3) is 10.9 Å². The van der Waals surface area contributed by atoms with Gasteiger partial charge in [-0.1, -0.05) is 18.2 Å². The maximum Gasteiger partial charge on any atom is 0.269 e. The third kappa shape index (κ3) is 5.01. The lowest BCUT2D eigenvalue weighted by molar-refractivity contribution is -0.0724. The summed E-state index contributed by atoms with van der Waals surface area (Å²) in [4.78, 5) is 22.7. The number of pyridine rings is 1. The number of benzene rings is 3. The van der Waals surface area contributed by atoms with Crippen LogP contribution in [0.2, 0.25) is 0 Å². The SMILES string of the molecule is COc1c(C)c(OC)c2c(c1O)[C@@H]1[C@@H]3Cc4c(OC)c(C)c(OC)c(O)c4[C@H](CNC(=O)c4ccc5ccc(C)cc5n4)N3[C@@H](C#N)[C@H](C2)N1C. The van der Waals surface area contributed by atoms with Crippen LogP contribution in [0.5, 0.6) is 34.5 Å². The van der Waals surface area contributed by atoms with Gasteiger partial charge in [0.25, 0.3) is 5.91 Å². The Hall–Kier alpha value is -5.25. The topological polar surface area (TPSA) is 150 Å². The van der Waals surface area contributed by atoms with Gasteiger partial charge in [-0.3, -0.25) is 14.6 Å². The van der Waals surface area contributed by atoms with E-state index in [9.17, 15) is 20.3 Å². The number of aromatic hydroxyl groups is 2. The van der Waals surface area contributed by atoms with E-state index in [0.29, 0.717) is 57.9 Å². The van der Waals surface area contributed by atoms with E-state index < -0.39 is 24.2 Å². The molecule has 51 heavy (non-hydrogen) atoms. The Kier molecular flexibility index (Phi) is 8.60. The van der Waals surface area contributed by atoms with Gasteiger partial charge in [-0.15, -0.1) is 0 Å². The molecule has 2 bridgehead atoms. The van der Waals surface area contributed by atoms with Crippen molar-refractivity contribution in [2.45, 2.75) is 63.8 Å². The van der Waals surface area contributed by atoms with E-state index in [0.717, 1.165) is 22.1 Å². The highest BCUT2D eigenvalue weighted by atomic mass is 16.5. The van der Waals surface area contributed by atoms with Crippen LogP contribution in [0.3, 0.4) is 0 Å². The van der Waals surface area contributed by atoms with Gasteiger partial charge >= 0.3 is 0 Å². The first-order chi connectivity index (χ1) is 24.5. The highest BCUT2D eigenvalue weighted by molar-refractivity contribution is 5.95. The zero-order chi connectivity index (χ0) is 36.5. The molecule has 0 radical (unpaired) electrons. The number of hydrogen-bond donors (Lipinski definition) is 3. The lowest BCUT2D eigenvalue weighted by atomic mass is 9.71. The lowest BCUT2D eigenvalue weighted by Crippen LogP contribution is -2.68. The van der Waals surface area contributed by atoms with E-state index in [4.69, 9.17) is 18.9 Å². The van der Waals surface area contributed by atoms with Crippen LogP contribution < -0.4 is 24.3 Å². The van der Waals surface area contributed by atoms with Crippen molar-refractivity contribution in [3.8, 4) is 40.6 Å². The number of phenols is 2. The highest BCUT2D eigenvalue weighted by Crippen LogP contribution is 2.58. The third-order valence-electron chi connectivity index (χ3n) is 11.2. The molecule has 1 amide bonds. The van der Waals surface area contributed by atoms with E-state index in [1.54, 1.807) is 20.3 Å². The van der Waals surface area contributed by atoms with Crippen LogP contribution in [-0.2, 0) is 12.8 Å². The zero-order valence-corrected chi connectivity index (χ0v) is 30.1. The molecular formula is C39H43N5O7. The summed E-state index contributed by atoms with van der Waals surface area (Å²) in [5, 5.41) is 38.7. The van der Waals surface area contributed by atoms with Gasteiger partial charge in [0.1, 0.15) is 23.2 Å². The molecule has 1 saturated heterocycles. The number of amides is 1. The normalized spacial score (nSPS) is 22.3. The molecule has 4 aromatic rings. The molecule has 3 N–H and O–H groups in total. The van der Waals surface area contributed by atoms with Crippen molar-refractivity contribution < 1.29 is 34.0 Å². The fraction of sp³-hybridized carbons (Fsp3) is 0.410. The predicted octanol–water partition coefficient (Wildman–Crippen LogP) is 4.81. The summed E-state index contributed by atoms with van der Waals surface area (Å²) < 4.78 is 23.4. The fourth-order valence-electron chi connectivity index (χ4n) is 9.05. The van der Waals surface area contributed by atoms with Gasteiger partial charge in [0.15, 0.2) is 23.0 Å². The van der Waals surface area contributed by atoms with Crippen LogP contribution in [0.15, 0.2) is 30.3 Å². The molecule has 5 atom stereocenters. The Bertz CT molecular complexity index is 2130. The van der Waals surface area contributed by atoms with Crippen LogP contribution in [0.1, 0.15) is 61.5 Å². The second-order valence-electron chi connectivity index (χ2n) is 13.7. The summed E-state index contributed by atoms with van der Waals surface area (Å²) in [5.41, 5.74) is 6.11. The molecule has 0 unspecified atom stereocenters. The molecule has 0 saturated carbocycles. The Morgan fingerprint density at radius 3 is 2.06 bits per heavy atom. The van der Waals surface area contributed by atoms with Crippen LogP contribution in [0, 0.1) is 32.1 Å². The quantitative estimate of drug-likeness (QED) is 0.245. The minimum absolute atomic E-state index is 0.0328. The number of aryl methyl sites for hydroxylation is 1. The average Bonchev–Trinajstić information content (AvgIpc) is 3.11.